The number of ether oxygens (including phenoxy) is 1. The number of rotatable bonds is 5. The van der Waals surface area contributed by atoms with Crippen LogP contribution in [0.15, 0.2) is 48.5 Å². The highest BCUT2D eigenvalue weighted by atomic mass is 19.1. The molecule has 1 fully saturated rings. The van der Waals surface area contributed by atoms with E-state index < -0.39 is 6.10 Å². The number of benzene rings is 2. The van der Waals surface area contributed by atoms with Crippen LogP contribution in [0.2, 0.25) is 0 Å². The molecule has 2 N–H and O–H groups in total. The number of carbonyl (C=O) groups is 1. The first kappa shape index (κ1) is 19.2. The molecule has 2 atom stereocenters. The van der Waals surface area contributed by atoms with E-state index in [1.165, 1.54) is 12.1 Å². The molecule has 1 aliphatic rings. The second-order valence-electron chi connectivity index (χ2n) is 6.85. The van der Waals surface area contributed by atoms with Gasteiger partial charge in [0.15, 0.2) is 0 Å². The predicted octanol–water partition coefficient (Wildman–Crippen LogP) is 3.28. The summed E-state index contributed by atoms with van der Waals surface area (Å²) >= 11 is 0. The van der Waals surface area contributed by atoms with Crippen molar-refractivity contribution in [1.82, 2.24) is 10.2 Å². The maximum absolute atomic E-state index is 13.2. The summed E-state index contributed by atoms with van der Waals surface area (Å²) in [5.74, 6) is 0.454. The number of methoxy groups -OCH3 is 1. The molecule has 6 heteroatoms. The van der Waals surface area contributed by atoms with E-state index in [2.05, 4.69) is 5.32 Å². The second kappa shape index (κ2) is 8.86. The summed E-state index contributed by atoms with van der Waals surface area (Å²) in [6.07, 6.45) is 1.58. The van der Waals surface area contributed by atoms with Crippen molar-refractivity contribution >= 4 is 6.03 Å². The minimum Gasteiger partial charge on any atom is -0.497 e. The fraction of sp³-hybridized carbons (Fsp3) is 0.381. The number of amides is 2. The van der Waals surface area contributed by atoms with Gasteiger partial charge in [-0.2, -0.15) is 0 Å². The van der Waals surface area contributed by atoms with Gasteiger partial charge < -0.3 is 20.1 Å². The molecule has 0 aliphatic carbocycles. The van der Waals surface area contributed by atoms with Crippen LogP contribution in [-0.2, 0) is 6.42 Å². The Labute approximate surface area is 158 Å². The number of β-amino-alcohol motifs (C(OH)–C–C–N with tert-alkyl or cyclic N) is 1. The Balaban J connectivity index is 1.77. The second-order valence-corrected chi connectivity index (χ2v) is 6.85. The van der Waals surface area contributed by atoms with E-state index in [0.717, 1.165) is 29.7 Å². The molecule has 0 saturated carbocycles. The van der Waals surface area contributed by atoms with Gasteiger partial charge in [-0.3, -0.25) is 0 Å². The lowest BCUT2D eigenvalue weighted by Crippen LogP contribution is -2.48. The average molecular weight is 372 g/mol. The molecule has 5 nitrogen and oxygen atoms in total. The van der Waals surface area contributed by atoms with Crippen LogP contribution in [0.25, 0.3) is 0 Å². The molecule has 1 heterocycles. The van der Waals surface area contributed by atoms with Gasteiger partial charge in [-0.1, -0.05) is 24.3 Å². The minimum absolute atomic E-state index is 0.198. The van der Waals surface area contributed by atoms with Gasteiger partial charge in [-0.15, -0.1) is 0 Å². The van der Waals surface area contributed by atoms with Crippen LogP contribution >= 0.6 is 0 Å². The molecule has 0 aromatic heterocycles. The number of hydrogen-bond acceptors (Lipinski definition) is 3. The highest BCUT2D eigenvalue weighted by Gasteiger charge is 2.24. The highest BCUT2D eigenvalue weighted by Crippen LogP contribution is 2.22. The van der Waals surface area contributed by atoms with Gasteiger partial charge in [0.25, 0.3) is 0 Å². The summed E-state index contributed by atoms with van der Waals surface area (Å²) in [6, 6.07) is 13.4. The standard InChI is InChI=1S/C21H25FN2O3/c1-27-19-10-6-16(7-11-19)20(13-15-4-8-17(22)9-5-15)23-21(26)24-12-2-3-18(25)14-24/h4-11,18,20,25H,2-3,12-14H2,1H3,(H,23,26)/t18-,20+/m0/s1. The van der Waals surface area contributed by atoms with Crippen molar-refractivity contribution < 1.29 is 19.0 Å². The van der Waals surface area contributed by atoms with E-state index >= 15 is 0 Å². The lowest BCUT2D eigenvalue weighted by Gasteiger charge is -2.32. The van der Waals surface area contributed by atoms with Gasteiger partial charge in [0.05, 0.1) is 19.3 Å². The lowest BCUT2D eigenvalue weighted by atomic mass is 9.98. The van der Waals surface area contributed by atoms with Crippen LogP contribution in [0.4, 0.5) is 9.18 Å². The normalized spacial score (nSPS) is 18.0. The fourth-order valence-electron chi connectivity index (χ4n) is 3.32. The number of piperidine rings is 1. The van der Waals surface area contributed by atoms with Crippen LogP contribution < -0.4 is 10.1 Å². The predicted molar refractivity (Wildman–Crippen MR) is 101 cm³/mol. The molecule has 2 amide bonds. The molecule has 1 aliphatic heterocycles. The van der Waals surface area contributed by atoms with E-state index in [0.29, 0.717) is 19.5 Å². The smallest absolute Gasteiger partial charge is 0.317 e. The summed E-state index contributed by atoms with van der Waals surface area (Å²) in [4.78, 5) is 14.4. The van der Waals surface area contributed by atoms with Crippen LogP contribution in [0.3, 0.4) is 0 Å². The number of nitrogens with one attached hydrogen (secondary N) is 1. The Hall–Kier alpha value is -2.60. The van der Waals surface area contributed by atoms with Crippen LogP contribution in [0.1, 0.15) is 30.0 Å². The molecule has 0 unspecified atom stereocenters. The zero-order valence-corrected chi connectivity index (χ0v) is 15.4. The molecule has 0 bridgehead atoms. The minimum atomic E-state index is -0.471. The third-order valence-corrected chi connectivity index (χ3v) is 4.85. The van der Waals surface area contributed by atoms with Crippen molar-refractivity contribution in [2.24, 2.45) is 0 Å². The number of aliphatic hydroxyl groups excluding tert-OH is 1. The number of nitrogens with zero attached hydrogens (tertiary/aromatic N) is 1. The summed E-state index contributed by atoms with van der Waals surface area (Å²) in [6.45, 7) is 0.979. The first-order chi connectivity index (χ1) is 13.0. The monoisotopic (exact) mass is 372 g/mol. The van der Waals surface area contributed by atoms with Gasteiger partial charge in [-0.25, -0.2) is 9.18 Å². The van der Waals surface area contributed by atoms with E-state index in [9.17, 15) is 14.3 Å². The van der Waals surface area contributed by atoms with Crippen molar-refractivity contribution in [3.8, 4) is 5.75 Å². The van der Waals surface area contributed by atoms with Crippen LogP contribution in [0, 0.1) is 5.82 Å². The Morgan fingerprint density at radius 2 is 1.96 bits per heavy atom. The maximum atomic E-state index is 13.2. The highest BCUT2D eigenvalue weighted by molar-refractivity contribution is 5.75. The van der Waals surface area contributed by atoms with E-state index in [1.54, 1.807) is 24.1 Å². The number of hydrogen-bond donors (Lipinski definition) is 2. The molecule has 2 aromatic carbocycles. The van der Waals surface area contributed by atoms with Crippen molar-refractivity contribution in [2.45, 2.75) is 31.4 Å². The molecular weight excluding hydrogens is 347 g/mol. The molecule has 27 heavy (non-hydrogen) atoms. The largest absolute Gasteiger partial charge is 0.497 e. The van der Waals surface area contributed by atoms with Crippen molar-refractivity contribution in [3.63, 3.8) is 0 Å². The quantitative estimate of drug-likeness (QED) is 0.847. The third-order valence-electron chi connectivity index (χ3n) is 4.85. The topological polar surface area (TPSA) is 61.8 Å². The zero-order valence-electron chi connectivity index (χ0n) is 15.4. The SMILES string of the molecule is COc1ccc([C@@H](Cc2ccc(F)cc2)NC(=O)N2CCC[C@H](O)C2)cc1. The summed E-state index contributed by atoms with van der Waals surface area (Å²) in [7, 11) is 1.61. The Morgan fingerprint density at radius 3 is 2.59 bits per heavy atom. The zero-order chi connectivity index (χ0) is 19.2. The fourth-order valence-corrected chi connectivity index (χ4v) is 3.32. The molecular formula is C21H25FN2O3. The number of carbonyl (C=O) groups excluding carboxylic acids is 1. The van der Waals surface area contributed by atoms with E-state index in [4.69, 9.17) is 4.74 Å². The van der Waals surface area contributed by atoms with Crippen molar-refractivity contribution in [1.29, 1.82) is 0 Å². The van der Waals surface area contributed by atoms with Gasteiger partial charge in [-0.05, 0) is 54.7 Å². The average Bonchev–Trinajstić information content (AvgIpc) is 2.69. The number of aliphatic hydroxyl groups is 1. The van der Waals surface area contributed by atoms with Gasteiger partial charge in [0, 0.05) is 13.1 Å². The molecule has 3 rings (SSSR count). The van der Waals surface area contributed by atoms with Crippen LogP contribution in [0.5, 0.6) is 5.75 Å². The Kier molecular flexibility index (Phi) is 6.29. The molecule has 0 radical (unpaired) electrons. The molecule has 2 aromatic rings. The van der Waals surface area contributed by atoms with E-state index in [-0.39, 0.29) is 17.9 Å². The molecule has 0 spiro atoms. The first-order valence-corrected chi connectivity index (χ1v) is 9.17. The number of likely N-dealkylation sites (tertiary alicyclic amines) is 1. The third kappa shape index (κ3) is 5.20. The lowest BCUT2D eigenvalue weighted by molar-refractivity contribution is 0.0833. The van der Waals surface area contributed by atoms with Crippen molar-refractivity contribution in [2.75, 3.05) is 20.2 Å². The molecule has 144 valence electrons. The summed E-state index contributed by atoms with van der Waals surface area (Å²) < 4.78 is 18.4. The van der Waals surface area contributed by atoms with Gasteiger partial charge in [0.1, 0.15) is 11.6 Å². The Bertz CT molecular complexity index is 749. The number of halogens is 1. The van der Waals surface area contributed by atoms with Gasteiger partial charge >= 0.3 is 6.03 Å². The summed E-state index contributed by atoms with van der Waals surface area (Å²) in [5.41, 5.74) is 1.86. The molecule has 1 saturated heterocycles. The van der Waals surface area contributed by atoms with Crippen molar-refractivity contribution in [3.05, 3.63) is 65.5 Å². The first-order valence-electron chi connectivity index (χ1n) is 9.17. The summed E-state index contributed by atoms with van der Waals surface area (Å²) in [5, 5.41) is 12.9. The maximum Gasteiger partial charge on any atom is 0.317 e. The van der Waals surface area contributed by atoms with E-state index in [1.807, 2.05) is 24.3 Å². The van der Waals surface area contributed by atoms with Gasteiger partial charge in [0.2, 0.25) is 0 Å². The van der Waals surface area contributed by atoms with Crippen LogP contribution in [-0.4, -0.2) is 42.3 Å². The number of urea groups is 1. The Morgan fingerprint density at radius 1 is 1.26 bits per heavy atom.